The molecule has 3 N–H and O–H groups in total. The Hall–Kier alpha value is -0.120. The lowest BCUT2D eigenvalue weighted by molar-refractivity contribution is 0.0788. The molecule has 62 valence electrons. The molecule has 0 saturated heterocycles. The minimum Gasteiger partial charge on any atom is -0.396 e. The van der Waals surface area contributed by atoms with E-state index < -0.39 is 0 Å². The van der Waals surface area contributed by atoms with Crippen molar-refractivity contribution in [2.24, 2.45) is 5.41 Å². The second-order valence-electron chi connectivity index (χ2n) is 2.92. The zero-order valence-corrected chi connectivity index (χ0v) is 6.38. The van der Waals surface area contributed by atoms with Crippen LogP contribution in [0.2, 0.25) is 0 Å². The maximum Gasteiger partial charge on any atom is 0.0486 e. The Balaban J connectivity index is 3.69. The third-order valence-electron chi connectivity index (χ3n) is 1.81. The van der Waals surface area contributed by atoms with E-state index >= 15 is 0 Å². The van der Waals surface area contributed by atoms with Crippen molar-refractivity contribution in [1.82, 2.24) is 0 Å². The molecule has 0 saturated carbocycles. The summed E-state index contributed by atoms with van der Waals surface area (Å²) in [5, 5.41) is 26.0. The molecule has 0 unspecified atom stereocenters. The molecule has 0 bridgehead atoms. The summed E-state index contributed by atoms with van der Waals surface area (Å²) in [6.45, 7) is 2.00. The van der Waals surface area contributed by atoms with Crippen molar-refractivity contribution in [2.45, 2.75) is 19.8 Å². The van der Waals surface area contributed by atoms with Gasteiger partial charge in [-0.1, -0.05) is 6.92 Å². The minimum atomic E-state index is -0.302. The van der Waals surface area contributed by atoms with E-state index in [1.165, 1.54) is 0 Å². The lowest BCUT2D eigenvalue weighted by Crippen LogP contribution is -2.24. The summed E-state index contributed by atoms with van der Waals surface area (Å²) in [4.78, 5) is 0. The average Bonchev–Trinajstić information content (AvgIpc) is 1.89. The molecule has 0 spiro atoms. The van der Waals surface area contributed by atoms with Crippen LogP contribution in [0, 0.1) is 5.41 Å². The molecule has 0 heterocycles. The molecular formula is C7H16O3. The molecule has 0 aliphatic carbocycles. The highest BCUT2D eigenvalue weighted by Gasteiger charge is 2.21. The van der Waals surface area contributed by atoms with E-state index in [0.29, 0.717) is 12.8 Å². The van der Waals surface area contributed by atoms with Gasteiger partial charge in [-0.25, -0.2) is 0 Å². The van der Waals surface area contributed by atoms with E-state index in [4.69, 9.17) is 15.3 Å². The zero-order chi connectivity index (χ0) is 8.04. The first-order valence-corrected chi connectivity index (χ1v) is 3.51. The van der Waals surface area contributed by atoms with Gasteiger partial charge in [0.15, 0.2) is 0 Å². The van der Waals surface area contributed by atoms with Crippen molar-refractivity contribution in [3.8, 4) is 0 Å². The summed E-state index contributed by atoms with van der Waals surface area (Å²) in [7, 11) is 0. The molecule has 0 aromatic heterocycles. The standard InChI is InChI=1S/C7H16O3/c1-7(6-10,2-4-8)3-5-9/h8-10H,2-6H2,1H3. The van der Waals surface area contributed by atoms with Crippen LogP contribution in [-0.2, 0) is 0 Å². The molecule has 0 aliphatic heterocycles. The maximum atomic E-state index is 8.83. The normalized spacial score (nSPS) is 12.0. The Morgan fingerprint density at radius 3 is 1.60 bits per heavy atom. The highest BCUT2D eigenvalue weighted by Crippen LogP contribution is 2.23. The molecule has 3 heteroatoms. The summed E-state index contributed by atoms with van der Waals surface area (Å²) >= 11 is 0. The van der Waals surface area contributed by atoms with Gasteiger partial charge in [0.05, 0.1) is 0 Å². The quantitative estimate of drug-likeness (QED) is 0.504. The van der Waals surface area contributed by atoms with E-state index in [-0.39, 0.29) is 25.2 Å². The molecule has 0 amide bonds. The van der Waals surface area contributed by atoms with E-state index in [1.54, 1.807) is 0 Å². The van der Waals surface area contributed by atoms with Gasteiger partial charge in [-0.15, -0.1) is 0 Å². The van der Waals surface area contributed by atoms with Crippen LogP contribution < -0.4 is 0 Å². The highest BCUT2D eigenvalue weighted by molar-refractivity contribution is 4.71. The van der Waals surface area contributed by atoms with Gasteiger partial charge in [-0.2, -0.15) is 0 Å². The van der Waals surface area contributed by atoms with Gasteiger partial charge in [0.25, 0.3) is 0 Å². The van der Waals surface area contributed by atoms with Crippen molar-refractivity contribution >= 4 is 0 Å². The van der Waals surface area contributed by atoms with Crippen molar-refractivity contribution in [3.63, 3.8) is 0 Å². The molecule has 0 fully saturated rings. The largest absolute Gasteiger partial charge is 0.396 e. The second-order valence-corrected chi connectivity index (χ2v) is 2.92. The third-order valence-corrected chi connectivity index (χ3v) is 1.81. The number of aliphatic hydroxyl groups excluding tert-OH is 3. The molecule has 0 atom stereocenters. The predicted octanol–water partition coefficient (Wildman–Crippen LogP) is -0.250. The third kappa shape index (κ3) is 3.15. The van der Waals surface area contributed by atoms with Gasteiger partial charge in [-0.3, -0.25) is 0 Å². The Bertz CT molecular complexity index is 76.9. The van der Waals surface area contributed by atoms with Crippen LogP contribution >= 0.6 is 0 Å². The van der Waals surface area contributed by atoms with E-state index in [0.717, 1.165) is 0 Å². The van der Waals surface area contributed by atoms with Crippen LogP contribution in [0.1, 0.15) is 19.8 Å². The monoisotopic (exact) mass is 148 g/mol. The first-order valence-electron chi connectivity index (χ1n) is 3.51. The van der Waals surface area contributed by atoms with Crippen molar-refractivity contribution in [3.05, 3.63) is 0 Å². The topological polar surface area (TPSA) is 60.7 Å². The molecule has 0 rings (SSSR count). The first kappa shape index (κ1) is 9.88. The molecule has 0 radical (unpaired) electrons. The van der Waals surface area contributed by atoms with Gasteiger partial charge in [0.1, 0.15) is 0 Å². The number of hydrogen-bond donors (Lipinski definition) is 3. The lowest BCUT2D eigenvalue weighted by atomic mass is 9.85. The lowest BCUT2D eigenvalue weighted by Gasteiger charge is -2.24. The Kier molecular flexibility index (Phi) is 4.60. The van der Waals surface area contributed by atoms with Crippen LogP contribution in [0.3, 0.4) is 0 Å². The summed E-state index contributed by atoms with van der Waals surface area (Å²) < 4.78 is 0. The zero-order valence-electron chi connectivity index (χ0n) is 6.38. The second kappa shape index (κ2) is 4.66. The molecule has 0 aliphatic rings. The van der Waals surface area contributed by atoms with E-state index in [9.17, 15) is 0 Å². The molecule has 3 nitrogen and oxygen atoms in total. The smallest absolute Gasteiger partial charge is 0.0486 e. The fourth-order valence-electron chi connectivity index (χ4n) is 0.823. The van der Waals surface area contributed by atoms with Crippen LogP contribution in [0.4, 0.5) is 0 Å². The number of rotatable bonds is 5. The Labute approximate surface area is 61.3 Å². The number of hydrogen-bond acceptors (Lipinski definition) is 3. The van der Waals surface area contributed by atoms with E-state index in [2.05, 4.69) is 0 Å². The van der Waals surface area contributed by atoms with E-state index in [1.807, 2.05) is 6.92 Å². The predicted molar refractivity (Wildman–Crippen MR) is 38.6 cm³/mol. The summed E-state index contributed by atoms with van der Waals surface area (Å²) in [6, 6.07) is 0. The van der Waals surface area contributed by atoms with Gasteiger partial charge in [-0.05, 0) is 18.3 Å². The van der Waals surface area contributed by atoms with Gasteiger partial charge in [0, 0.05) is 19.8 Å². The first-order chi connectivity index (χ1) is 4.68. The molecule has 0 aromatic carbocycles. The van der Waals surface area contributed by atoms with Crippen molar-refractivity contribution < 1.29 is 15.3 Å². The van der Waals surface area contributed by atoms with Crippen LogP contribution in [0.25, 0.3) is 0 Å². The summed E-state index contributed by atoms with van der Waals surface area (Å²) in [6.07, 6.45) is 1.09. The highest BCUT2D eigenvalue weighted by atomic mass is 16.3. The molecule has 10 heavy (non-hydrogen) atoms. The van der Waals surface area contributed by atoms with Crippen LogP contribution in [-0.4, -0.2) is 35.1 Å². The summed E-state index contributed by atoms with van der Waals surface area (Å²) in [5.74, 6) is 0. The molecular weight excluding hydrogens is 132 g/mol. The molecule has 0 aromatic rings. The maximum absolute atomic E-state index is 8.83. The van der Waals surface area contributed by atoms with Gasteiger partial charge >= 0.3 is 0 Å². The minimum absolute atomic E-state index is 0.0219. The fraction of sp³-hybridized carbons (Fsp3) is 1.00. The van der Waals surface area contributed by atoms with Crippen LogP contribution in [0.15, 0.2) is 0 Å². The van der Waals surface area contributed by atoms with Crippen LogP contribution in [0.5, 0.6) is 0 Å². The van der Waals surface area contributed by atoms with Gasteiger partial charge < -0.3 is 15.3 Å². The Morgan fingerprint density at radius 2 is 1.40 bits per heavy atom. The van der Waals surface area contributed by atoms with Crippen molar-refractivity contribution in [1.29, 1.82) is 0 Å². The van der Waals surface area contributed by atoms with Crippen molar-refractivity contribution in [2.75, 3.05) is 19.8 Å². The fourth-order valence-corrected chi connectivity index (χ4v) is 0.823. The SMILES string of the molecule is CC(CO)(CCO)CCO. The van der Waals surface area contributed by atoms with Gasteiger partial charge in [0.2, 0.25) is 0 Å². The average molecular weight is 148 g/mol. The summed E-state index contributed by atoms with van der Waals surface area (Å²) in [5.41, 5.74) is -0.302. The number of aliphatic hydroxyl groups is 3. The Morgan fingerprint density at radius 1 is 1.00 bits per heavy atom.